The van der Waals surface area contributed by atoms with E-state index in [1.165, 1.54) is 0 Å². The molecule has 3 rings (SSSR count). The van der Waals surface area contributed by atoms with Crippen LogP contribution in [0.1, 0.15) is 27.9 Å². The van der Waals surface area contributed by atoms with E-state index in [2.05, 4.69) is 21.3 Å². The molecule has 1 aromatic heterocycles. The Morgan fingerprint density at radius 3 is 2.96 bits per heavy atom. The summed E-state index contributed by atoms with van der Waals surface area (Å²) >= 11 is 0. The minimum absolute atomic E-state index is 0.160. The molecule has 1 fully saturated rings. The van der Waals surface area contributed by atoms with E-state index in [9.17, 15) is 10.1 Å². The maximum Gasteiger partial charge on any atom is 0.250 e. The average Bonchev–Trinajstić information content (AvgIpc) is 3.03. The zero-order valence-corrected chi connectivity index (χ0v) is 13.5. The number of benzene rings is 1. The fourth-order valence-electron chi connectivity index (χ4n) is 3.06. The summed E-state index contributed by atoms with van der Waals surface area (Å²) in [6, 6.07) is 11.6. The molecule has 0 saturated carbocycles. The monoisotopic (exact) mass is 321 g/mol. The quantitative estimate of drug-likeness (QED) is 0.898. The number of nitrogens with zero attached hydrogens (tertiary/aromatic N) is 3. The number of nitrogens with one attached hydrogen (secondary N) is 1. The Kier molecular flexibility index (Phi) is 4.34. The van der Waals surface area contributed by atoms with Crippen molar-refractivity contribution >= 4 is 17.4 Å². The van der Waals surface area contributed by atoms with Gasteiger partial charge in [0, 0.05) is 31.0 Å². The topological polar surface area (TPSA) is 95.0 Å². The van der Waals surface area contributed by atoms with Crippen molar-refractivity contribution in [2.24, 2.45) is 5.73 Å². The van der Waals surface area contributed by atoms with Gasteiger partial charge in [-0.15, -0.1) is 0 Å². The van der Waals surface area contributed by atoms with E-state index in [1.807, 2.05) is 31.2 Å². The van der Waals surface area contributed by atoms with Crippen molar-refractivity contribution in [3.8, 4) is 6.07 Å². The van der Waals surface area contributed by atoms with Crippen LogP contribution >= 0.6 is 0 Å². The summed E-state index contributed by atoms with van der Waals surface area (Å²) in [5, 5.41) is 12.7. The van der Waals surface area contributed by atoms with Gasteiger partial charge in [-0.1, -0.05) is 12.1 Å². The lowest BCUT2D eigenvalue weighted by Crippen LogP contribution is -2.28. The first-order valence-electron chi connectivity index (χ1n) is 7.86. The van der Waals surface area contributed by atoms with Gasteiger partial charge in [-0.2, -0.15) is 5.26 Å². The second-order valence-electron chi connectivity index (χ2n) is 5.92. The van der Waals surface area contributed by atoms with E-state index < -0.39 is 5.91 Å². The number of carbonyl (C=O) groups is 1. The summed E-state index contributed by atoms with van der Waals surface area (Å²) < 4.78 is 0. The van der Waals surface area contributed by atoms with Crippen molar-refractivity contribution < 1.29 is 4.79 Å². The number of para-hydroxylation sites is 1. The molecule has 6 heteroatoms. The number of primary amides is 1. The molecule has 24 heavy (non-hydrogen) atoms. The van der Waals surface area contributed by atoms with Crippen LogP contribution in [0.5, 0.6) is 0 Å². The van der Waals surface area contributed by atoms with Crippen molar-refractivity contribution in [3.63, 3.8) is 0 Å². The molecule has 1 aliphatic heterocycles. The van der Waals surface area contributed by atoms with Crippen molar-refractivity contribution in [1.29, 1.82) is 5.26 Å². The van der Waals surface area contributed by atoms with Gasteiger partial charge in [0.1, 0.15) is 11.9 Å². The van der Waals surface area contributed by atoms with Crippen molar-refractivity contribution in [1.82, 2.24) is 4.98 Å². The van der Waals surface area contributed by atoms with Crippen LogP contribution in [0.25, 0.3) is 0 Å². The Hall–Kier alpha value is -3.07. The number of nitriles is 1. The molecular formula is C18H19N5O. The highest BCUT2D eigenvalue weighted by Gasteiger charge is 2.26. The van der Waals surface area contributed by atoms with Gasteiger partial charge >= 0.3 is 0 Å². The van der Waals surface area contributed by atoms with Crippen LogP contribution in [-0.4, -0.2) is 30.0 Å². The number of hydrogen-bond acceptors (Lipinski definition) is 5. The molecule has 0 bridgehead atoms. The Morgan fingerprint density at radius 2 is 2.21 bits per heavy atom. The normalized spacial score (nSPS) is 16.7. The highest BCUT2D eigenvalue weighted by molar-refractivity contribution is 5.98. The third kappa shape index (κ3) is 3.01. The summed E-state index contributed by atoms with van der Waals surface area (Å²) in [6.07, 6.45) is 2.60. The minimum Gasteiger partial charge on any atom is -0.369 e. The van der Waals surface area contributed by atoms with Gasteiger partial charge in [-0.05, 0) is 37.1 Å². The van der Waals surface area contributed by atoms with Crippen LogP contribution in [0, 0.1) is 18.3 Å². The molecule has 3 N–H and O–H groups in total. The van der Waals surface area contributed by atoms with E-state index >= 15 is 0 Å². The molecule has 122 valence electrons. The molecule has 0 radical (unpaired) electrons. The molecule has 1 aliphatic rings. The van der Waals surface area contributed by atoms with E-state index in [0.29, 0.717) is 16.9 Å². The second-order valence-corrected chi connectivity index (χ2v) is 5.92. The predicted molar refractivity (Wildman–Crippen MR) is 92.9 cm³/mol. The van der Waals surface area contributed by atoms with Crippen molar-refractivity contribution in [2.45, 2.75) is 19.4 Å². The first kappa shape index (κ1) is 15.8. The Morgan fingerprint density at radius 1 is 1.42 bits per heavy atom. The number of aryl methyl sites for hydroxylation is 1. The third-order valence-corrected chi connectivity index (χ3v) is 4.31. The Balaban J connectivity index is 1.77. The molecule has 0 aliphatic carbocycles. The maximum absolute atomic E-state index is 11.6. The predicted octanol–water partition coefficient (Wildman–Crippen LogP) is 2.05. The lowest BCUT2D eigenvalue weighted by molar-refractivity contribution is 0.100. The van der Waals surface area contributed by atoms with E-state index in [0.717, 1.165) is 30.8 Å². The standard InChI is InChI=1S/C18H19N5O/c1-12-6-8-21-18(15(12)10-19)22-13-7-9-23(11-13)16-5-3-2-4-14(16)17(20)24/h2-6,8,13H,7,9,11H2,1H3,(H2,20,24)(H,21,22). The minimum atomic E-state index is -0.422. The van der Waals surface area contributed by atoms with Gasteiger partial charge in [0.25, 0.3) is 5.91 Å². The van der Waals surface area contributed by atoms with E-state index in [1.54, 1.807) is 12.3 Å². The first-order chi connectivity index (χ1) is 11.6. The molecule has 6 nitrogen and oxygen atoms in total. The largest absolute Gasteiger partial charge is 0.369 e. The van der Waals surface area contributed by atoms with Gasteiger partial charge in [0.2, 0.25) is 0 Å². The molecule has 1 saturated heterocycles. The summed E-state index contributed by atoms with van der Waals surface area (Å²) in [5.74, 6) is 0.196. The number of hydrogen-bond donors (Lipinski definition) is 2. The van der Waals surface area contributed by atoms with Crippen LogP contribution in [0.15, 0.2) is 36.5 Å². The number of carbonyl (C=O) groups excluding carboxylic acids is 1. The third-order valence-electron chi connectivity index (χ3n) is 4.31. The van der Waals surface area contributed by atoms with E-state index in [4.69, 9.17) is 5.73 Å². The van der Waals surface area contributed by atoms with Gasteiger partial charge in [-0.25, -0.2) is 4.98 Å². The zero-order chi connectivity index (χ0) is 17.1. The fourth-order valence-corrected chi connectivity index (χ4v) is 3.06. The summed E-state index contributed by atoms with van der Waals surface area (Å²) in [6.45, 7) is 3.44. The SMILES string of the molecule is Cc1ccnc(NC2CCN(c3ccccc3C(N)=O)C2)c1C#N. The van der Waals surface area contributed by atoms with Gasteiger partial charge < -0.3 is 16.0 Å². The van der Waals surface area contributed by atoms with Crippen LogP contribution in [0.2, 0.25) is 0 Å². The van der Waals surface area contributed by atoms with Crippen LogP contribution < -0.4 is 16.0 Å². The number of rotatable bonds is 4. The molecule has 1 atom stereocenters. The van der Waals surface area contributed by atoms with Crippen LogP contribution in [-0.2, 0) is 0 Å². The Labute approximate surface area is 140 Å². The van der Waals surface area contributed by atoms with Crippen molar-refractivity contribution in [2.75, 3.05) is 23.3 Å². The number of anilines is 2. The summed E-state index contributed by atoms with van der Waals surface area (Å²) in [5.41, 5.74) is 8.34. The fraction of sp³-hybridized carbons (Fsp3) is 0.278. The second kappa shape index (κ2) is 6.59. The number of aromatic nitrogens is 1. The van der Waals surface area contributed by atoms with E-state index in [-0.39, 0.29) is 6.04 Å². The van der Waals surface area contributed by atoms with Crippen LogP contribution in [0.4, 0.5) is 11.5 Å². The highest BCUT2D eigenvalue weighted by Crippen LogP contribution is 2.26. The van der Waals surface area contributed by atoms with Gasteiger partial charge in [-0.3, -0.25) is 4.79 Å². The highest BCUT2D eigenvalue weighted by atomic mass is 16.1. The summed E-state index contributed by atoms with van der Waals surface area (Å²) in [4.78, 5) is 18.0. The number of nitrogens with two attached hydrogens (primary N) is 1. The maximum atomic E-state index is 11.6. The first-order valence-corrected chi connectivity index (χ1v) is 7.86. The molecule has 0 spiro atoms. The Bertz CT molecular complexity index is 811. The molecular weight excluding hydrogens is 302 g/mol. The smallest absolute Gasteiger partial charge is 0.250 e. The van der Waals surface area contributed by atoms with Crippen molar-refractivity contribution in [3.05, 3.63) is 53.2 Å². The van der Waals surface area contributed by atoms with Crippen LogP contribution in [0.3, 0.4) is 0 Å². The molecule has 1 unspecified atom stereocenters. The zero-order valence-electron chi connectivity index (χ0n) is 13.5. The number of amides is 1. The number of pyridine rings is 1. The molecule has 1 amide bonds. The lowest BCUT2D eigenvalue weighted by atomic mass is 10.1. The average molecular weight is 321 g/mol. The lowest BCUT2D eigenvalue weighted by Gasteiger charge is -2.21. The van der Waals surface area contributed by atoms with Gasteiger partial charge in [0.05, 0.1) is 11.1 Å². The summed E-state index contributed by atoms with van der Waals surface area (Å²) in [7, 11) is 0. The molecule has 1 aromatic carbocycles. The molecule has 2 aromatic rings. The van der Waals surface area contributed by atoms with Gasteiger partial charge in [0.15, 0.2) is 0 Å². The molecule has 2 heterocycles.